The zero-order chi connectivity index (χ0) is 22.0. The van der Waals surface area contributed by atoms with Crippen LogP contribution in [0.1, 0.15) is 44.9 Å². The van der Waals surface area contributed by atoms with Gasteiger partial charge in [0, 0.05) is 44.3 Å². The predicted octanol–water partition coefficient (Wildman–Crippen LogP) is 1.65. The van der Waals surface area contributed by atoms with E-state index in [1.807, 2.05) is 20.8 Å². The molecule has 2 fully saturated rings. The third-order valence-electron chi connectivity index (χ3n) is 6.20. The van der Waals surface area contributed by atoms with Gasteiger partial charge in [0.05, 0.1) is 5.69 Å². The van der Waals surface area contributed by atoms with Crippen LogP contribution in [0.3, 0.4) is 0 Å². The minimum Gasteiger partial charge on any atom is -0.462 e. The molecule has 0 bridgehead atoms. The Kier molecular flexibility index (Phi) is 6.52. The van der Waals surface area contributed by atoms with E-state index in [0.717, 1.165) is 57.1 Å². The summed E-state index contributed by atoms with van der Waals surface area (Å²) in [5.74, 6) is 0.963. The first-order valence-electron chi connectivity index (χ1n) is 11.5. The van der Waals surface area contributed by atoms with Gasteiger partial charge in [0.1, 0.15) is 18.0 Å². The zero-order valence-electron chi connectivity index (χ0n) is 19.3. The first-order chi connectivity index (χ1) is 14.8. The predicted molar refractivity (Wildman–Crippen MR) is 119 cm³/mol. The number of rotatable bonds is 4. The minimum atomic E-state index is -0.480. The molecule has 0 saturated carbocycles. The second kappa shape index (κ2) is 9.16. The molecule has 172 valence electrons. The Labute approximate surface area is 185 Å². The fraction of sp³-hybridized carbons (Fsp3) is 0.773. The molecule has 9 heteroatoms. The third kappa shape index (κ3) is 5.38. The first-order valence-corrected chi connectivity index (χ1v) is 11.5. The van der Waals surface area contributed by atoms with Crippen molar-refractivity contribution >= 4 is 11.9 Å². The lowest BCUT2D eigenvalue weighted by Crippen LogP contribution is -2.50. The van der Waals surface area contributed by atoms with Crippen LogP contribution in [-0.2, 0) is 17.7 Å². The molecule has 3 aliphatic rings. The Balaban J connectivity index is 1.45. The van der Waals surface area contributed by atoms with Crippen LogP contribution >= 0.6 is 0 Å². The van der Waals surface area contributed by atoms with Crippen molar-refractivity contribution in [2.45, 2.75) is 58.2 Å². The Bertz CT molecular complexity index is 788. The lowest BCUT2D eigenvalue weighted by molar-refractivity contribution is 0.0240. The number of fused-ring (bicyclic) bond motifs is 1. The number of anilines is 1. The van der Waals surface area contributed by atoms with Gasteiger partial charge in [-0.3, -0.25) is 0 Å². The molecule has 31 heavy (non-hydrogen) atoms. The summed E-state index contributed by atoms with van der Waals surface area (Å²) < 4.78 is 11.6. The summed E-state index contributed by atoms with van der Waals surface area (Å²) >= 11 is 0. The van der Waals surface area contributed by atoms with Crippen molar-refractivity contribution in [2.75, 3.05) is 57.8 Å². The Morgan fingerprint density at radius 1 is 1.16 bits per heavy atom. The highest BCUT2D eigenvalue weighted by molar-refractivity contribution is 5.68. The van der Waals surface area contributed by atoms with Crippen molar-refractivity contribution in [1.29, 1.82) is 0 Å². The number of ether oxygens (including phenoxy) is 2. The molecule has 4 heterocycles. The van der Waals surface area contributed by atoms with Crippen molar-refractivity contribution in [2.24, 2.45) is 0 Å². The minimum absolute atomic E-state index is 0.245. The van der Waals surface area contributed by atoms with E-state index in [1.54, 1.807) is 4.90 Å². The third-order valence-corrected chi connectivity index (χ3v) is 6.20. The van der Waals surface area contributed by atoms with E-state index in [9.17, 15) is 4.79 Å². The van der Waals surface area contributed by atoms with Gasteiger partial charge in [0.25, 0.3) is 0 Å². The molecule has 3 aliphatic heterocycles. The average Bonchev–Trinajstić information content (AvgIpc) is 3.15. The summed E-state index contributed by atoms with van der Waals surface area (Å²) in [5, 5.41) is 3.40. The topological polar surface area (TPSA) is 83.1 Å². The Hall–Kier alpha value is -2.13. The molecule has 1 atom stereocenters. The summed E-state index contributed by atoms with van der Waals surface area (Å²) in [6.45, 7) is 11.8. The molecule has 0 spiro atoms. The first kappa shape index (κ1) is 22.1. The number of hydrogen-bond acceptors (Lipinski definition) is 8. The number of hydrogen-bond donors (Lipinski definition) is 1. The maximum absolute atomic E-state index is 12.4. The molecule has 1 aromatic heterocycles. The number of aromatic nitrogens is 2. The number of piperazine rings is 1. The molecule has 2 saturated heterocycles. The number of carbonyl (C=O) groups excluding carboxylic acids is 1. The van der Waals surface area contributed by atoms with Crippen molar-refractivity contribution in [3.05, 3.63) is 11.3 Å². The van der Waals surface area contributed by atoms with E-state index in [1.165, 1.54) is 12.0 Å². The van der Waals surface area contributed by atoms with E-state index >= 15 is 0 Å². The highest BCUT2D eigenvalue weighted by Gasteiger charge is 2.29. The second-order valence-corrected chi connectivity index (χ2v) is 9.72. The fourth-order valence-electron chi connectivity index (χ4n) is 4.43. The lowest BCUT2D eigenvalue weighted by atomic mass is 10.1. The molecule has 1 amide bonds. The number of nitrogens with one attached hydrogen (secondary N) is 1. The maximum atomic E-state index is 12.4. The van der Waals surface area contributed by atoms with Crippen LogP contribution in [0.15, 0.2) is 0 Å². The molecule has 0 radical (unpaired) electrons. The fourth-order valence-corrected chi connectivity index (χ4v) is 4.43. The van der Waals surface area contributed by atoms with Gasteiger partial charge in [-0.25, -0.2) is 4.79 Å². The van der Waals surface area contributed by atoms with Crippen LogP contribution in [0.5, 0.6) is 6.01 Å². The van der Waals surface area contributed by atoms with Crippen molar-refractivity contribution < 1.29 is 14.3 Å². The number of carbonyl (C=O) groups is 1. The van der Waals surface area contributed by atoms with Gasteiger partial charge < -0.3 is 29.5 Å². The van der Waals surface area contributed by atoms with Crippen LogP contribution < -0.4 is 15.0 Å². The quantitative estimate of drug-likeness (QED) is 0.769. The zero-order valence-corrected chi connectivity index (χ0v) is 19.3. The standard InChI is InChI=1S/C22H36N6O3/c1-22(2,3)31-21(29)28-12-10-27(11-13-28)19-17-7-8-23-14-18(17)24-20(25-19)30-15-16-6-5-9-26(16)4/h16,23H,5-15H2,1-4H3/t16-/m1/s1. The average molecular weight is 433 g/mol. The molecule has 1 N–H and O–H groups in total. The highest BCUT2D eigenvalue weighted by atomic mass is 16.6. The van der Waals surface area contributed by atoms with E-state index in [4.69, 9.17) is 19.4 Å². The molecule has 0 aliphatic carbocycles. The highest BCUT2D eigenvalue weighted by Crippen LogP contribution is 2.28. The van der Waals surface area contributed by atoms with E-state index in [-0.39, 0.29) is 6.09 Å². The summed E-state index contributed by atoms with van der Waals surface area (Å²) in [5.41, 5.74) is 1.75. The van der Waals surface area contributed by atoms with Crippen LogP contribution in [0.2, 0.25) is 0 Å². The summed E-state index contributed by atoms with van der Waals surface area (Å²) in [6, 6.07) is 0.894. The largest absolute Gasteiger partial charge is 0.462 e. The molecule has 1 aromatic rings. The van der Waals surface area contributed by atoms with Gasteiger partial charge in [0.15, 0.2) is 0 Å². The molecular formula is C22H36N6O3. The molecular weight excluding hydrogens is 396 g/mol. The number of likely N-dealkylation sites (N-methyl/N-ethyl adjacent to an activating group) is 1. The van der Waals surface area contributed by atoms with Gasteiger partial charge >= 0.3 is 12.1 Å². The van der Waals surface area contributed by atoms with E-state index in [2.05, 4.69) is 22.2 Å². The summed E-state index contributed by atoms with van der Waals surface area (Å²) in [4.78, 5) is 28.3. The smallest absolute Gasteiger partial charge is 0.410 e. The molecule has 4 rings (SSSR count). The van der Waals surface area contributed by atoms with Crippen LogP contribution in [-0.4, -0.2) is 90.4 Å². The van der Waals surface area contributed by atoms with Crippen molar-refractivity contribution in [3.63, 3.8) is 0 Å². The summed E-state index contributed by atoms with van der Waals surface area (Å²) in [6.07, 6.45) is 3.03. The van der Waals surface area contributed by atoms with Gasteiger partial charge in [-0.1, -0.05) is 0 Å². The number of nitrogens with zero attached hydrogens (tertiary/aromatic N) is 5. The monoisotopic (exact) mass is 432 g/mol. The summed E-state index contributed by atoms with van der Waals surface area (Å²) in [7, 11) is 2.15. The number of likely N-dealkylation sites (tertiary alicyclic amines) is 1. The lowest BCUT2D eigenvalue weighted by Gasteiger charge is -2.37. The Morgan fingerprint density at radius 3 is 2.61 bits per heavy atom. The van der Waals surface area contributed by atoms with Gasteiger partial charge in [-0.05, 0) is 60.2 Å². The second-order valence-electron chi connectivity index (χ2n) is 9.72. The van der Waals surface area contributed by atoms with Crippen LogP contribution in [0, 0.1) is 0 Å². The van der Waals surface area contributed by atoms with E-state index in [0.29, 0.717) is 31.7 Å². The van der Waals surface area contributed by atoms with Crippen molar-refractivity contribution in [1.82, 2.24) is 25.1 Å². The van der Waals surface area contributed by atoms with Gasteiger partial charge in [-0.15, -0.1) is 0 Å². The molecule has 9 nitrogen and oxygen atoms in total. The van der Waals surface area contributed by atoms with Gasteiger partial charge in [-0.2, -0.15) is 9.97 Å². The van der Waals surface area contributed by atoms with Crippen LogP contribution in [0.4, 0.5) is 10.6 Å². The van der Waals surface area contributed by atoms with Crippen LogP contribution in [0.25, 0.3) is 0 Å². The molecule has 0 aromatic carbocycles. The van der Waals surface area contributed by atoms with Gasteiger partial charge in [0.2, 0.25) is 0 Å². The molecule has 0 unspecified atom stereocenters. The Morgan fingerprint density at radius 2 is 1.94 bits per heavy atom. The van der Waals surface area contributed by atoms with E-state index < -0.39 is 5.60 Å². The maximum Gasteiger partial charge on any atom is 0.410 e. The number of amides is 1. The normalized spacial score (nSPS) is 22.4. The SMILES string of the molecule is CN1CCC[C@@H]1COc1nc2c(c(N3CCN(C(=O)OC(C)(C)C)CC3)n1)CCNC2. The van der Waals surface area contributed by atoms with Crippen molar-refractivity contribution in [3.8, 4) is 6.01 Å².